The van der Waals surface area contributed by atoms with Crippen molar-refractivity contribution in [3.8, 4) is 17.0 Å². The third kappa shape index (κ3) is 4.62. The van der Waals surface area contributed by atoms with Crippen LogP contribution in [0.4, 0.5) is 26.1 Å². The first-order chi connectivity index (χ1) is 17.9. The molecule has 0 radical (unpaired) electrons. The largest absolute Gasteiger partial charge is 0.486 e. The van der Waals surface area contributed by atoms with E-state index in [1.54, 1.807) is 6.07 Å². The number of ether oxygens (including phenoxy) is 1. The second-order valence-corrected chi connectivity index (χ2v) is 10.6. The maximum Gasteiger partial charge on any atom is 0.227 e. The van der Waals surface area contributed by atoms with E-state index in [-0.39, 0.29) is 23.4 Å². The predicted octanol–water partition coefficient (Wildman–Crippen LogP) is 4.79. The number of nitrogens with one attached hydrogen (secondary N) is 1. The van der Waals surface area contributed by atoms with Crippen LogP contribution in [0.2, 0.25) is 0 Å². The molecule has 1 atom stereocenters. The lowest BCUT2D eigenvalue weighted by atomic mass is 10.1. The van der Waals surface area contributed by atoms with E-state index in [4.69, 9.17) is 4.74 Å². The average molecular weight is 507 g/mol. The van der Waals surface area contributed by atoms with Crippen LogP contribution in [0.1, 0.15) is 31.4 Å². The molecule has 0 bridgehead atoms. The van der Waals surface area contributed by atoms with E-state index in [0.29, 0.717) is 30.4 Å². The van der Waals surface area contributed by atoms with Gasteiger partial charge >= 0.3 is 0 Å². The van der Waals surface area contributed by atoms with E-state index in [2.05, 4.69) is 49.2 Å². The lowest BCUT2D eigenvalue weighted by Gasteiger charge is -2.34. The van der Waals surface area contributed by atoms with Gasteiger partial charge in [0.1, 0.15) is 12.3 Å². The van der Waals surface area contributed by atoms with E-state index < -0.39 is 11.6 Å². The summed E-state index contributed by atoms with van der Waals surface area (Å²) in [6.07, 6.45) is 2.33. The Morgan fingerprint density at radius 2 is 1.89 bits per heavy atom. The van der Waals surface area contributed by atoms with Crippen molar-refractivity contribution >= 4 is 17.3 Å². The van der Waals surface area contributed by atoms with Crippen molar-refractivity contribution in [2.75, 3.05) is 43.5 Å². The fourth-order valence-corrected chi connectivity index (χ4v) is 5.70. The van der Waals surface area contributed by atoms with Crippen LogP contribution >= 0.6 is 0 Å². The summed E-state index contributed by atoms with van der Waals surface area (Å²) in [6.45, 7) is 9.26. The number of anilines is 3. The minimum atomic E-state index is -0.608. The summed E-state index contributed by atoms with van der Waals surface area (Å²) in [4.78, 5) is 15.6. The number of nitrogens with zero attached hydrogens (tertiary/aromatic N) is 5. The van der Waals surface area contributed by atoms with Crippen LogP contribution in [-0.4, -0.2) is 65.1 Å². The highest BCUT2D eigenvalue weighted by atomic mass is 19.1. The van der Waals surface area contributed by atoms with Gasteiger partial charge in [-0.15, -0.1) is 0 Å². The second kappa shape index (κ2) is 9.54. The Morgan fingerprint density at radius 3 is 2.68 bits per heavy atom. The van der Waals surface area contributed by atoms with Gasteiger partial charge in [0.15, 0.2) is 17.4 Å². The number of hydrogen-bond donors (Lipinski definition) is 1. The van der Waals surface area contributed by atoms with E-state index in [1.165, 1.54) is 23.6 Å². The van der Waals surface area contributed by atoms with Crippen LogP contribution in [0, 0.1) is 11.6 Å². The first kappa shape index (κ1) is 24.1. The molecule has 0 amide bonds. The summed E-state index contributed by atoms with van der Waals surface area (Å²) in [5, 5.41) is 3.22. The maximum atomic E-state index is 15.0. The average Bonchev–Trinajstić information content (AvgIpc) is 3.50. The molecule has 1 aromatic heterocycles. The van der Waals surface area contributed by atoms with Crippen molar-refractivity contribution in [3.63, 3.8) is 0 Å². The van der Waals surface area contributed by atoms with Gasteiger partial charge in [-0.05, 0) is 69.3 Å². The van der Waals surface area contributed by atoms with Gasteiger partial charge in [0, 0.05) is 43.0 Å². The lowest BCUT2D eigenvalue weighted by molar-refractivity contribution is 0.201. The van der Waals surface area contributed by atoms with Gasteiger partial charge in [0.05, 0.1) is 18.4 Å². The Kier molecular flexibility index (Phi) is 6.20. The van der Waals surface area contributed by atoms with Crippen LogP contribution < -0.4 is 15.0 Å². The molecule has 1 saturated heterocycles. The molecule has 3 aliphatic heterocycles. The molecule has 0 saturated carbocycles. The molecule has 0 spiro atoms. The third-order valence-electron chi connectivity index (χ3n) is 7.65. The van der Waals surface area contributed by atoms with Crippen LogP contribution in [0.25, 0.3) is 11.3 Å². The fraction of sp³-hybridized carbons (Fsp3) is 0.429. The molecular formula is C28H32F2N6O. The van der Waals surface area contributed by atoms with Gasteiger partial charge in [-0.1, -0.05) is 6.07 Å². The lowest BCUT2D eigenvalue weighted by Crippen LogP contribution is -2.38. The zero-order chi connectivity index (χ0) is 25.7. The molecule has 1 fully saturated rings. The first-order valence-corrected chi connectivity index (χ1v) is 12.9. The van der Waals surface area contributed by atoms with E-state index in [0.717, 1.165) is 38.1 Å². The smallest absolute Gasteiger partial charge is 0.227 e. The van der Waals surface area contributed by atoms with Gasteiger partial charge in [-0.2, -0.15) is 0 Å². The molecule has 37 heavy (non-hydrogen) atoms. The highest BCUT2D eigenvalue weighted by molar-refractivity contribution is 5.73. The number of halogens is 2. The molecule has 1 N–H and O–H groups in total. The quantitative estimate of drug-likeness (QED) is 0.534. The van der Waals surface area contributed by atoms with Gasteiger partial charge in [-0.3, -0.25) is 4.90 Å². The Bertz CT molecular complexity index is 1330. The molecular weight excluding hydrogens is 474 g/mol. The predicted molar refractivity (Wildman–Crippen MR) is 140 cm³/mol. The van der Waals surface area contributed by atoms with Crippen LogP contribution in [-0.2, 0) is 13.1 Å². The zero-order valence-electron chi connectivity index (χ0n) is 21.5. The van der Waals surface area contributed by atoms with Gasteiger partial charge < -0.3 is 19.9 Å². The summed E-state index contributed by atoms with van der Waals surface area (Å²) < 4.78 is 35.4. The van der Waals surface area contributed by atoms with Crippen molar-refractivity contribution in [1.82, 2.24) is 19.8 Å². The Morgan fingerprint density at radius 1 is 1.05 bits per heavy atom. The summed E-state index contributed by atoms with van der Waals surface area (Å²) >= 11 is 0. The van der Waals surface area contributed by atoms with E-state index >= 15 is 0 Å². The highest BCUT2D eigenvalue weighted by Gasteiger charge is 2.30. The summed E-state index contributed by atoms with van der Waals surface area (Å²) in [5.41, 5.74) is 4.47. The molecule has 194 valence electrons. The molecule has 9 heteroatoms. The topological polar surface area (TPSA) is 56.8 Å². The number of fused-ring (bicyclic) bond motifs is 2. The maximum absolute atomic E-state index is 15.0. The number of aromatic nitrogens is 2. The molecule has 4 heterocycles. The number of hydrogen-bond acceptors (Lipinski definition) is 7. The van der Waals surface area contributed by atoms with Crippen LogP contribution in [0.5, 0.6) is 5.75 Å². The Balaban J connectivity index is 1.25. The minimum Gasteiger partial charge on any atom is -0.486 e. The molecule has 7 nitrogen and oxygen atoms in total. The summed E-state index contributed by atoms with van der Waals surface area (Å²) in [7, 11) is 2.18. The van der Waals surface area contributed by atoms with Crippen LogP contribution in [0.3, 0.4) is 0 Å². The molecule has 3 aliphatic rings. The molecule has 6 rings (SSSR count). The Labute approximate surface area is 216 Å². The number of benzene rings is 2. The number of rotatable bonds is 5. The zero-order valence-corrected chi connectivity index (χ0v) is 21.5. The fourth-order valence-electron chi connectivity index (χ4n) is 5.70. The summed E-state index contributed by atoms with van der Waals surface area (Å²) in [5.74, 6) is -0.669. The highest BCUT2D eigenvalue weighted by Crippen LogP contribution is 2.39. The van der Waals surface area contributed by atoms with Crippen molar-refractivity contribution in [3.05, 3.63) is 59.3 Å². The minimum absolute atomic E-state index is 0.0474. The molecule has 1 unspecified atom stereocenters. The monoisotopic (exact) mass is 506 g/mol. The molecule has 0 aliphatic carbocycles. The molecule has 3 aromatic rings. The number of likely N-dealkylation sites (N-methyl/N-ethyl adjacent to an activating group) is 1. The van der Waals surface area contributed by atoms with Gasteiger partial charge in [0.2, 0.25) is 5.95 Å². The van der Waals surface area contributed by atoms with Crippen LogP contribution in [0.15, 0.2) is 36.5 Å². The first-order valence-electron chi connectivity index (χ1n) is 12.9. The van der Waals surface area contributed by atoms with Crippen molar-refractivity contribution < 1.29 is 13.5 Å². The Hall–Kier alpha value is -3.30. The van der Waals surface area contributed by atoms with Crippen molar-refractivity contribution in [2.24, 2.45) is 0 Å². The van der Waals surface area contributed by atoms with E-state index in [9.17, 15) is 8.78 Å². The van der Waals surface area contributed by atoms with E-state index in [1.807, 2.05) is 19.9 Å². The SMILES string of the molecule is CC(C)N1CCOc2c(F)cc(-c3nc(Nc4ccc5c(c4)CN(C4CCN(C)C4)C5)ncc3F)cc21. The summed E-state index contributed by atoms with van der Waals surface area (Å²) in [6, 6.07) is 10.0. The van der Waals surface area contributed by atoms with Gasteiger partial charge in [-0.25, -0.2) is 18.7 Å². The second-order valence-electron chi connectivity index (χ2n) is 10.6. The number of likely N-dealkylation sites (tertiary alicyclic amines) is 1. The normalized spacial score (nSPS) is 19.7. The third-order valence-corrected chi connectivity index (χ3v) is 7.65. The van der Waals surface area contributed by atoms with Gasteiger partial charge in [0.25, 0.3) is 0 Å². The van der Waals surface area contributed by atoms with Crippen molar-refractivity contribution in [2.45, 2.75) is 45.4 Å². The van der Waals surface area contributed by atoms with Crippen molar-refractivity contribution in [1.29, 1.82) is 0 Å². The standard InChI is InChI=1S/C28H32F2N6O/c1-17(2)36-8-9-37-27-23(29)11-19(12-25(27)36)26-24(30)13-31-28(33-26)32-21-5-4-18-14-35(15-20(18)10-21)22-6-7-34(3)16-22/h4-5,10-13,17,22H,6-9,14-16H2,1-3H3,(H,31,32,33). The molecule has 2 aromatic carbocycles.